The maximum Gasteiger partial charge on any atom is 0.225 e. The molecule has 2 aromatic carbocycles. The number of nitrogens with one attached hydrogen (secondary N) is 1. The van der Waals surface area contributed by atoms with Crippen LogP contribution in [0.15, 0.2) is 60.0 Å². The summed E-state index contributed by atoms with van der Waals surface area (Å²) >= 11 is 7.72. The van der Waals surface area contributed by atoms with Crippen molar-refractivity contribution in [3.05, 3.63) is 76.8 Å². The predicted molar refractivity (Wildman–Crippen MR) is 128 cm³/mol. The molecule has 0 bridgehead atoms. The lowest BCUT2D eigenvalue weighted by Gasteiger charge is -2.09. The number of hydrogen-bond acceptors (Lipinski definition) is 5. The second kappa shape index (κ2) is 9.58. The minimum absolute atomic E-state index is 0.0687. The molecule has 1 N–H and O–H groups in total. The minimum atomic E-state index is -0.0687. The molecule has 4 rings (SSSR count). The van der Waals surface area contributed by atoms with Gasteiger partial charge in [-0.1, -0.05) is 47.6 Å². The Balaban J connectivity index is 1.39. The fourth-order valence-electron chi connectivity index (χ4n) is 3.31. The standard InChI is InChI=1S/C23H23ClN6OS/c1-15-9-10-19(13-20(15)24)29-14-25-27-23(29)32-12-11-21(31)26-22-16(2)28-30(17(22)3)18-7-5-4-6-8-18/h4-10,13-14H,11-12H2,1-3H3,(H,26,31). The first-order valence-electron chi connectivity index (χ1n) is 10.1. The van der Waals surface area contributed by atoms with Gasteiger partial charge in [0.15, 0.2) is 5.16 Å². The van der Waals surface area contributed by atoms with Gasteiger partial charge in [0.05, 0.1) is 28.5 Å². The van der Waals surface area contributed by atoms with E-state index >= 15 is 0 Å². The maximum atomic E-state index is 12.6. The number of carbonyl (C=O) groups is 1. The molecule has 0 saturated heterocycles. The van der Waals surface area contributed by atoms with Crippen molar-refractivity contribution >= 4 is 35.0 Å². The zero-order valence-electron chi connectivity index (χ0n) is 18.0. The number of para-hydroxylation sites is 1. The summed E-state index contributed by atoms with van der Waals surface area (Å²) in [5.74, 6) is 0.496. The Labute approximate surface area is 195 Å². The summed E-state index contributed by atoms with van der Waals surface area (Å²) < 4.78 is 3.71. The van der Waals surface area contributed by atoms with Crippen LogP contribution < -0.4 is 5.32 Å². The van der Waals surface area contributed by atoms with Crippen molar-refractivity contribution in [2.45, 2.75) is 32.3 Å². The molecule has 164 valence electrons. The number of anilines is 1. The van der Waals surface area contributed by atoms with Crippen molar-refractivity contribution in [2.75, 3.05) is 11.1 Å². The highest BCUT2D eigenvalue weighted by atomic mass is 35.5. The highest BCUT2D eigenvalue weighted by molar-refractivity contribution is 7.99. The van der Waals surface area contributed by atoms with Gasteiger partial charge < -0.3 is 5.32 Å². The average Bonchev–Trinajstić information content (AvgIpc) is 3.36. The van der Waals surface area contributed by atoms with Gasteiger partial charge >= 0.3 is 0 Å². The van der Waals surface area contributed by atoms with Gasteiger partial charge in [0.25, 0.3) is 0 Å². The topological polar surface area (TPSA) is 77.6 Å². The summed E-state index contributed by atoms with van der Waals surface area (Å²) in [5, 5.41) is 17.2. The molecular weight excluding hydrogens is 444 g/mol. The Kier molecular flexibility index (Phi) is 6.62. The second-order valence-corrected chi connectivity index (χ2v) is 8.83. The molecule has 9 heteroatoms. The van der Waals surface area contributed by atoms with Crippen molar-refractivity contribution in [2.24, 2.45) is 0 Å². The smallest absolute Gasteiger partial charge is 0.225 e. The molecule has 0 aliphatic carbocycles. The molecule has 2 heterocycles. The Morgan fingerprint density at radius 1 is 1.09 bits per heavy atom. The lowest BCUT2D eigenvalue weighted by atomic mass is 10.2. The number of hydrogen-bond donors (Lipinski definition) is 1. The lowest BCUT2D eigenvalue weighted by molar-refractivity contribution is -0.115. The minimum Gasteiger partial charge on any atom is -0.323 e. The molecule has 0 aliphatic heterocycles. The van der Waals surface area contributed by atoms with Gasteiger partial charge in [-0.15, -0.1) is 10.2 Å². The zero-order valence-corrected chi connectivity index (χ0v) is 19.6. The van der Waals surface area contributed by atoms with Gasteiger partial charge in [0.2, 0.25) is 5.91 Å². The van der Waals surface area contributed by atoms with Crippen LogP contribution in [0.2, 0.25) is 5.02 Å². The van der Waals surface area contributed by atoms with Crippen molar-refractivity contribution in [1.82, 2.24) is 24.5 Å². The Bertz CT molecular complexity index is 1250. The Hall–Kier alpha value is -3.10. The highest BCUT2D eigenvalue weighted by Crippen LogP contribution is 2.25. The molecule has 0 saturated carbocycles. The normalized spacial score (nSPS) is 11.0. The number of nitrogens with zero attached hydrogens (tertiary/aromatic N) is 5. The van der Waals surface area contributed by atoms with E-state index in [1.165, 1.54) is 11.8 Å². The van der Waals surface area contributed by atoms with Gasteiger partial charge in [-0.25, -0.2) is 4.68 Å². The van der Waals surface area contributed by atoms with Crippen LogP contribution in [0.25, 0.3) is 11.4 Å². The first-order valence-corrected chi connectivity index (χ1v) is 11.5. The van der Waals surface area contributed by atoms with Crippen LogP contribution in [-0.2, 0) is 4.79 Å². The van der Waals surface area contributed by atoms with E-state index in [-0.39, 0.29) is 5.91 Å². The lowest BCUT2D eigenvalue weighted by Crippen LogP contribution is -2.13. The summed E-state index contributed by atoms with van der Waals surface area (Å²) in [6, 6.07) is 15.7. The fraction of sp³-hybridized carbons (Fsp3) is 0.217. The van der Waals surface area contributed by atoms with Crippen LogP contribution in [0.4, 0.5) is 5.69 Å². The molecule has 2 aromatic heterocycles. The average molecular weight is 467 g/mol. The number of aryl methyl sites for hydroxylation is 2. The van der Waals surface area contributed by atoms with Gasteiger partial charge in [-0.3, -0.25) is 9.36 Å². The third-order valence-corrected chi connectivity index (χ3v) is 6.42. The second-order valence-electron chi connectivity index (χ2n) is 7.36. The van der Waals surface area contributed by atoms with E-state index in [9.17, 15) is 4.79 Å². The number of benzene rings is 2. The molecular formula is C23H23ClN6OS. The third-order valence-electron chi connectivity index (χ3n) is 5.07. The van der Waals surface area contributed by atoms with Crippen LogP contribution >= 0.6 is 23.4 Å². The van der Waals surface area contributed by atoms with Crippen LogP contribution in [-0.4, -0.2) is 36.2 Å². The molecule has 0 spiro atoms. The summed E-state index contributed by atoms with van der Waals surface area (Å²) in [6.45, 7) is 5.80. The fourth-order valence-corrected chi connectivity index (χ4v) is 4.35. The van der Waals surface area contributed by atoms with Crippen molar-refractivity contribution in [3.8, 4) is 11.4 Å². The quantitative estimate of drug-likeness (QED) is 0.381. The number of carbonyl (C=O) groups excluding carboxylic acids is 1. The summed E-state index contributed by atoms with van der Waals surface area (Å²) in [6.07, 6.45) is 1.98. The number of aromatic nitrogens is 5. The van der Waals surface area contributed by atoms with E-state index in [2.05, 4.69) is 20.6 Å². The SMILES string of the molecule is Cc1ccc(-n2cnnc2SCCC(=O)Nc2c(C)nn(-c3ccccc3)c2C)cc1Cl. The number of thioether (sulfide) groups is 1. The van der Waals surface area contributed by atoms with Crippen LogP contribution in [0.5, 0.6) is 0 Å². The van der Waals surface area contributed by atoms with Crippen LogP contribution in [0.3, 0.4) is 0 Å². The number of amides is 1. The van der Waals surface area contributed by atoms with Gasteiger partial charge in [0.1, 0.15) is 6.33 Å². The van der Waals surface area contributed by atoms with E-state index in [0.29, 0.717) is 22.4 Å². The third kappa shape index (κ3) is 4.71. The summed E-state index contributed by atoms with van der Waals surface area (Å²) in [4.78, 5) is 12.6. The Morgan fingerprint density at radius 3 is 2.62 bits per heavy atom. The maximum absolute atomic E-state index is 12.6. The van der Waals surface area contributed by atoms with E-state index in [4.69, 9.17) is 11.6 Å². The molecule has 4 aromatic rings. The molecule has 0 radical (unpaired) electrons. The molecule has 0 atom stereocenters. The van der Waals surface area contributed by atoms with Gasteiger partial charge in [-0.05, 0) is 50.6 Å². The van der Waals surface area contributed by atoms with Crippen molar-refractivity contribution < 1.29 is 4.79 Å². The van der Waals surface area contributed by atoms with Crippen LogP contribution in [0.1, 0.15) is 23.4 Å². The number of halogens is 1. The van der Waals surface area contributed by atoms with Gasteiger partial charge in [-0.2, -0.15) is 5.10 Å². The Morgan fingerprint density at radius 2 is 1.88 bits per heavy atom. The monoisotopic (exact) mass is 466 g/mol. The largest absolute Gasteiger partial charge is 0.323 e. The summed E-state index contributed by atoms with van der Waals surface area (Å²) in [5.41, 5.74) is 5.28. The molecule has 32 heavy (non-hydrogen) atoms. The zero-order chi connectivity index (χ0) is 22.7. The van der Waals surface area contributed by atoms with Crippen molar-refractivity contribution in [3.63, 3.8) is 0 Å². The van der Waals surface area contributed by atoms with E-state index in [1.54, 1.807) is 6.33 Å². The number of rotatable bonds is 7. The van der Waals surface area contributed by atoms with Crippen LogP contribution in [0, 0.1) is 20.8 Å². The summed E-state index contributed by atoms with van der Waals surface area (Å²) in [7, 11) is 0. The first kappa shape index (κ1) is 22.1. The first-order chi connectivity index (χ1) is 15.4. The predicted octanol–water partition coefficient (Wildman–Crippen LogP) is 5.15. The highest BCUT2D eigenvalue weighted by Gasteiger charge is 2.16. The molecule has 7 nitrogen and oxygen atoms in total. The van der Waals surface area contributed by atoms with Crippen molar-refractivity contribution in [1.29, 1.82) is 0 Å². The molecule has 0 unspecified atom stereocenters. The van der Waals surface area contributed by atoms with E-state index in [1.807, 2.05) is 78.6 Å². The van der Waals surface area contributed by atoms with E-state index in [0.717, 1.165) is 34.0 Å². The molecule has 1 amide bonds. The molecule has 0 aliphatic rings. The van der Waals surface area contributed by atoms with Gasteiger partial charge in [0, 0.05) is 17.2 Å². The molecule has 0 fully saturated rings. The van der Waals surface area contributed by atoms with E-state index < -0.39 is 0 Å².